The number of H-pyrrole nitrogens is 1. The Labute approximate surface area is 150 Å². The topological polar surface area (TPSA) is 91.2 Å². The van der Waals surface area contributed by atoms with Gasteiger partial charge in [0.25, 0.3) is 5.91 Å². The average Bonchev–Trinajstić information content (AvgIpc) is 3.40. The third-order valence-electron chi connectivity index (χ3n) is 4.43. The van der Waals surface area contributed by atoms with Gasteiger partial charge in [-0.15, -0.1) is 0 Å². The van der Waals surface area contributed by atoms with E-state index in [2.05, 4.69) is 15.3 Å². The number of furan rings is 1. The van der Waals surface area contributed by atoms with Crippen molar-refractivity contribution in [2.75, 3.05) is 16.8 Å². The fourth-order valence-corrected chi connectivity index (χ4v) is 3.12. The minimum atomic E-state index is -0.362. The predicted octanol–water partition coefficient (Wildman–Crippen LogP) is 3.22. The Morgan fingerprint density at radius 2 is 2.23 bits per heavy atom. The zero-order valence-electron chi connectivity index (χ0n) is 14.3. The van der Waals surface area contributed by atoms with Crippen LogP contribution in [-0.4, -0.2) is 28.3 Å². The lowest BCUT2D eigenvalue weighted by Crippen LogP contribution is -2.27. The summed E-state index contributed by atoms with van der Waals surface area (Å²) in [6.07, 6.45) is 4.52. The van der Waals surface area contributed by atoms with E-state index in [0.29, 0.717) is 12.4 Å². The Balaban J connectivity index is 1.53. The second kappa shape index (κ2) is 6.51. The molecule has 132 valence electrons. The number of benzene rings is 1. The molecule has 0 fully saturated rings. The monoisotopic (exact) mass is 350 g/mol. The van der Waals surface area contributed by atoms with Crippen LogP contribution in [0.25, 0.3) is 11.3 Å². The van der Waals surface area contributed by atoms with Gasteiger partial charge in [-0.2, -0.15) is 0 Å². The number of hydrogen-bond acceptors (Lipinski definition) is 4. The molecular formula is C19H18N4O3. The number of nitrogens with one attached hydrogen (secondary N) is 2. The Morgan fingerprint density at radius 3 is 3.00 bits per heavy atom. The standard InChI is InChI=1S/C19H18N4O3/c1-2-17(24)23-8-7-13-10-12(5-6-15(13)23)14-11-20-19(21-14)22-18(25)16-4-3-9-26-16/h3-6,9-11H,2,7-8H2,1H3,(H2,20,21,22,25). The molecule has 26 heavy (non-hydrogen) atoms. The SMILES string of the molecule is CCC(=O)N1CCc2cc(-c3c[nH]c(NC(=O)c4ccco4)n3)ccc21. The van der Waals surface area contributed by atoms with Gasteiger partial charge >= 0.3 is 0 Å². The van der Waals surface area contributed by atoms with Gasteiger partial charge in [-0.05, 0) is 36.2 Å². The van der Waals surface area contributed by atoms with Crippen LogP contribution in [0.4, 0.5) is 11.6 Å². The Bertz CT molecular complexity index is 959. The molecule has 1 aromatic carbocycles. The third kappa shape index (κ3) is 2.88. The summed E-state index contributed by atoms with van der Waals surface area (Å²) in [4.78, 5) is 33.2. The van der Waals surface area contributed by atoms with Crippen molar-refractivity contribution in [1.82, 2.24) is 9.97 Å². The van der Waals surface area contributed by atoms with Crippen molar-refractivity contribution in [3.63, 3.8) is 0 Å². The molecule has 0 radical (unpaired) electrons. The number of fused-ring (bicyclic) bond motifs is 1. The van der Waals surface area contributed by atoms with Crippen LogP contribution in [0, 0.1) is 0 Å². The van der Waals surface area contributed by atoms with E-state index in [1.54, 1.807) is 18.3 Å². The van der Waals surface area contributed by atoms with Crippen LogP contribution in [0.15, 0.2) is 47.2 Å². The predicted molar refractivity (Wildman–Crippen MR) is 97.0 cm³/mol. The molecule has 0 bridgehead atoms. The van der Waals surface area contributed by atoms with Crippen molar-refractivity contribution in [2.24, 2.45) is 0 Å². The van der Waals surface area contributed by atoms with E-state index in [1.165, 1.54) is 6.26 Å². The van der Waals surface area contributed by atoms with Gasteiger partial charge in [-0.3, -0.25) is 14.9 Å². The Morgan fingerprint density at radius 1 is 1.35 bits per heavy atom. The van der Waals surface area contributed by atoms with Crippen molar-refractivity contribution in [3.8, 4) is 11.3 Å². The number of nitrogens with zero attached hydrogens (tertiary/aromatic N) is 2. The Kier molecular flexibility index (Phi) is 4.04. The molecule has 4 rings (SSSR count). The first-order valence-corrected chi connectivity index (χ1v) is 8.49. The summed E-state index contributed by atoms with van der Waals surface area (Å²) in [5.74, 6) is 0.351. The minimum absolute atomic E-state index is 0.138. The van der Waals surface area contributed by atoms with Gasteiger partial charge in [0.05, 0.1) is 12.0 Å². The summed E-state index contributed by atoms with van der Waals surface area (Å²) in [5.41, 5.74) is 3.77. The largest absolute Gasteiger partial charge is 0.459 e. The van der Waals surface area contributed by atoms with Crippen molar-refractivity contribution in [2.45, 2.75) is 19.8 Å². The Hall–Kier alpha value is -3.35. The summed E-state index contributed by atoms with van der Waals surface area (Å²) < 4.78 is 5.06. The van der Waals surface area contributed by atoms with E-state index < -0.39 is 0 Å². The summed E-state index contributed by atoms with van der Waals surface area (Å²) in [5, 5.41) is 2.66. The van der Waals surface area contributed by atoms with E-state index >= 15 is 0 Å². The van der Waals surface area contributed by atoms with Gasteiger partial charge in [-0.25, -0.2) is 4.98 Å². The number of anilines is 2. The molecule has 0 aliphatic carbocycles. The number of rotatable bonds is 4. The molecule has 2 N–H and O–H groups in total. The van der Waals surface area contributed by atoms with E-state index in [-0.39, 0.29) is 17.6 Å². The van der Waals surface area contributed by atoms with Crippen LogP contribution >= 0.6 is 0 Å². The smallest absolute Gasteiger partial charge is 0.293 e. The summed E-state index contributed by atoms with van der Waals surface area (Å²) in [6, 6.07) is 9.19. The summed E-state index contributed by atoms with van der Waals surface area (Å²) in [7, 11) is 0. The third-order valence-corrected chi connectivity index (χ3v) is 4.43. The van der Waals surface area contributed by atoms with E-state index in [0.717, 1.165) is 35.5 Å². The minimum Gasteiger partial charge on any atom is -0.459 e. The lowest BCUT2D eigenvalue weighted by molar-refractivity contribution is -0.118. The first kappa shape index (κ1) is 16.1. The van der Waals surface area contributed by atoms with Gasteiger partial charge < -0.3 is 14.3 Å². The quantitative estimate of drug-likeness (QED) is 0.756. The van der Waals surface area contributed by atoms with Gasteiger partial charge in [-0.1, -0.05) is 13.0 Å². The first-order chi connectivity index (χ1) is 12.7. The van der Waals surface area contributed by atoms with Crippen LogP contribution in [0.1, 0.15) is 29.5 Å². The molecule has 2 aromatic heterocycles. The van der Waals surface area contributed by atoms with Gasteiger partial charge in [0, 0.05) is 30.4 Å². The lowest BCUT2D eigenvalue weighted by Gasteiger charge is -2.16. The molecule has 0 atom stereocenters. The molecule has 7 nitrogen and oxygen atoms in total. The molecule has 0 unspecified atom stereocenters. The summed E-state index contributed by atoms with van der Waals surface area (Å²) in [6.45, 7) is 2.59. The zero-order chi connectivity index (χ0) is 18.1. The molecule has 3 heterocycles. The van der Waals surface area contributed by atoms with Crippen LogP contribution in [0.5, 0.6) is 0 Å². The second-order valence-corrected chi connectivity index (χ2v) is 6.06. The van der Waals surface area contributed by atoms with Crippen molar-refractivity contribution in [1.29, 1.82) is 0 Å². The molecular weight excluding hydrogens is 332 g/mol. The molecule has 1 aliphatic heterocycles. The molecule has 7 heteroatoms. The van der Waals surface area contributed by atoms with E-state index in [9.17, 15) is 9.59 Å². The fourth-order valence-electron chi connectivity index (χ4n) is 3.12. The van der Waals surface area contributed by atoms with Crippen molar-refractivity contribution < 1.29 is 14.0 Å². The normalized spacial score (nSPS) is 12.9. The van der Waals surface area contributed by atoms with Gasteiger partial charge in [0.2, 0.25) is 11.9 Å². The number of carbonyl (C=O) groups excluding carboxylic acids is 2. The van der Waals surface area contributed by atoms with Crippen LogP contribution in [0.3, 0.4) is 0 Å². The highest BCUT2D eigenvalue weighted by molar-refractivity contribution is 6.01. The highest BCUT2D eigenvalue weighted by Gasteiger charge is 2.24. The highest BCUT2D eigenvalue weighted by atomic mass is 16.3. The van der Waals surface area contributed by atoms with Crippen LogP contribution in [0.2, 0.25) is 0 Å². The molecule has 0 spiro atoms. The number of aromatic amines is 1. The lowest BCUT2D eigenvalue weighted by atomic mass is 10.1. The molecule has 2 amide bonds. The van der Waals surface area contributed by atoms with Gasteiger partial charge in [0.15, 0.2) is 5.76 Å². The maximum absolute atomic E-state index is 12.0. The van der Waals surface area contributed by atoms with E-state index in [1.807, 2.05) is 30.0 Å². The maximum Gasteiger partial charge on any atom is 0.293 e. The maximum atomic E-state index is 12.0. The van der Waals surface area contributed by atoms with Crippen molar-refractivity contribution in [3.05, 3.63) is 54.1 Å². The molecule has 0 saturated carbocycles. The van der Waals surface area contributed by atoms with Crippen LogP contribution < -0.4 is 10.2 Å². The summed E-state index contributed by atoms with van der Waals surface area (Å²) >= 11 is 0. The van der Waals surface area contributed by atoms with Gasteiger partial charge in [0.1, 0.15) is 0 Å². The number of aromatic nitrogens is 2. The number of amides is 2. The number of imidazole rings is 1. The number of hydrogen-bond donors (Lipinski definition) is 2. The molecule has 3 aromatic rings. The second-order valence-electron chi connectivity index (χ2n) is 6.06. The van der Waals surface area contributed by atoms with Crippen LogP contribution in [-0.2, 0) is 11.2 Å². The zero-order valence-corrected chi connectivity index (χ0v) is 14.3. The molecule has 0 saturated heterocycles. The fraction of sp³-hybridized carbons (Fsp3) is 0.211. The number of carbonyl (C=O) groups is 2. The first-order valence-electron chi connectivity index (χ1n) is 8.49. The highest BCUT2D eigenvalue weighted by Crippen LogP contribution is 2.32. The average molecular weight is 350 g/mol. The van der Waals surface area contributed by atoms with Crippen molar-refractivity contribution >= 4 is 23.5 Å². The van der Waals surface area contributed by atoms with E-state index in [4.69, 9.17) is 4.42 Å². The molecule has 1 aliphatic rings.